The topological polar surface area (TPSA) is 23.5 Å². The summed E-state index contributed by atoms with van der Waals surface area (Å²) in [6.07, 6.45) is 7.94. The molecule has 1 atom stereocenters. The Morgan fingerprint density at radius 3 is 2.89 bits per heavy atom. The van der Waals surface area contributed by atoms with Gasteiger partial charge in [-0.05, 0) is 37.3 Å². The van der Waals surface area contributed by atoms with Crippen molar-refractivity contribution in [3.8, 4) is 0 Å². The van der Waals surface area contributed by atoms with Crippen molar-refractivity contribution in [3.63, 3.8) is 0 Å². The van der Waals surface area contributed by atoms with Crippen molar-refractivity contribution in [2.45, 2.75) is 19.3 Å². The Labute approximate surface area is 110 Å². The van der Waals surface area contributed by atoms with Crippen LogP contribution in [0.2, 0.25) is 0 Å². The summed E-state index contributed by atoms with van der Waals surface area (Å²) in [5.41, 5.74) is 1.27. The summed E-state index contributed by atoms with van der Waals surface area (Å²) in [4.78, 5) is 2.47. The average molecular weight is 245 g/mol. The first-order valence-electron chi connectivity index (χ1n) is 6.93. The maximum absolute atomic E-state index is 9.19. The number of hydrogen-bond acceptors (Lipinski definition) is 2. The molecule has 0 radical (unpaired) electrons. The van der Waals surface area contributed by atoms with Crippen LogP contribution in [0.4, 0.5) is 0 Å². The lowest BCUT2D eigenvalue weighted by molar-refractivity contribution is 0.122. The summed E-state index contributed by atoms with van der Waals surface area (Å²) in [6, 6.07) is 10.4. The highest BCUT2D eigenvalue weighted by atomic mass is 16.3. The predicted octanol–water partition coefficient (Wildman–Crippen LogP) is 2.79. The number of aliphatic hydroxyl groups is 1. The Morgan fingerprint density at radius 1 is 1.28 bits per heavy atom. The SMILES string of the molecule is OCC1CCCN(CCC=Cc2ccccc2)C1. The van der Waals surface area contributed by atoms with Crippen LogP contribution in [-0.2, 0) is 0 Å². The summed E-state index contributed by atoms with van der Waals surface area (Å²) in [7, 11) is 0. The molecule has 0 spiro atoms. The molecule has 1 aromatic rings. The van der Waals surface area contributed by atoms with E-state index in [9.17, 15) is 5.11 Å². The lowest BCUT2D eigenvalue weighted by Crippen LogP contribution is -2.37. The van der Waals surface area contributed by atoms with Crippen LogP contribution in [0.1, 0.15) is 24.8 Å². The number of nitrogens with zero attached hydrogens (tertiary/aromatic N) is 1. The molecule has 0 bridgehead atoms. The number of hydrogen-bond donors (Lipinski definition) is 1. The molecule has 2 heteroatoms. The van der Waals surface area contributed by atoms with Crippen molar-refractivity contribution < 1.29 is 5.11 Å². The maximum atomic E-state index is 9.19. The molecule has 1 heterocycles. The molecule has 98 valence electrons. The number of aliphatic hydroxyl groups excluding tert-OH is 1. The van der Waals surface area contributed by atoms with Crippen LogP contribution in [0.3, 0.4) is 0 Å². The van der Waals surface area contributed by atoms with Gasteiger partial charge in [0.05, 0.1) is 0 Å². The molecular formula is C16H23NO. The summed E-state index contributed by atoms with van der Waals surface area (Å²) >= 11 is 0. The molecule has 1 aliphatic rings. The molecule has 1 aliphatic heterocycles. The standard InChI is InChI=1S/C16H23NO/c18-14-16-10-6-12-17(13-16)11-5-4-9-15-7-2-1-3-8-15/h1-4,7-9,16,18H,5-6,10-14H2. The molecule has 1 unspecified atom stereocenters. The van der Waals surface area contributed by atoms with Gasteiger partial charge < -0.3 is 10.0 Å². The van der Waals surface area contributed by atoms with Gasteiger partial charge in [-0.1, -0.05) is 42.5 Å². The summed E-state index contributed by atoms with van der Waals surface area (Å²) in [5, 5.41) is 9.19. The maximum Gasteiger partial charge on any atom is 0.0471 e. The number of likely N-dealkylation sites (tertiary alicyclic amines) is 1. The molecule has 1 saturated heterocycles. The third kappa shape index (κ3) is 4.28. The smallest absolute Gasteiger partial charge is 0.0471 e. The third-order valence-electron chi connectivity index (χ3n) is 3.58. The minimum Gasteiger partial charge on any atom is -0.396 e. The van der Waals surface area contributed by atoms with E-state index >= 15 is 0 Å². The summed E-state index contributed by atoms with van der Waals surface area (Å²) in [6.45, 7) is 3.71. The average Bonchev–Trinajstić information content (AvgIpc) is 2.45. The molecule has 18 heavy (non-hydrogen) atoms. The van der Waals surface area contributed by atoms with Gasteiger partial charge in [-0.15, -0.1) is 0 Å². The van der Waals surface area contributed by atoms with Crippen molar-refractivity contribution in [1.29, 1.82) is 0 Å². The van der Waals surface area contributed by atoms with Gasteiger partial charge >= 0.3 is 0 Å². The molecule has 0 aromatic heterocycles. The third-order valence-corrected chi connectivity index (χ3v) is 3.58. The lowest BCUT2D eigenvalue weighted by atomic mass is 9.99. The Kier molecular flexibility index (Phi) is 5.43. The van der Waals surface area contributed by atoms with Gasteiger partial charge in [0.25, 0.3) is 0 Å². The van der Waals surface area contributed by atoms with E-state index in [0.717, 1.165) is 19.5 Å². The first kappa shape index (κ1) is 13.3. The van der Waals surface area contributed by atoms with Gasteiger partial charge in [0.1, 0.15) is 0 Å². The van der Waals surface area contributed by atoms with Gasteiger partial charge in [-0.25, -0.2) is 0 Å². The zero-order chi connectivity index (χ0) is 12.6. The first-order chi connectivity index (χ1) is 8.88. The fourth-order valence-electron chi connectivity index (χ4n) is 2.54. The first-order valence-corrected chi connectivity index (χ1v) is 6.93. The minimum absolute atomic E-state index is 0.344. The quantitative estimate of drug-likeness (QED) is 0.862. The van der Waals surface area contributed by atoms with Gasteiger partial charge in [-0.3, -0.25) is 0 Å². The van der Waals surface area contributed by atoms with Crippen LogP contribution in [0, 0.1) is 5.92 Å². The van der Waals surface area contributed by atoms with Crippen molar-refractivity contribution in [1.82, 2.24) is 4.90 Å². The second-order valence-electron chi connectivity index (χ2n) is 5.09. The van der Waals surface area contributed by atoms with Crippen molar-refractivity contribution >= 4 is 6.08 Å². The van der Waals surface area contributed by atoms with E-state index in [1.807, 2.05) is 6.07 Å². The van der Waals surface area contributed by atoms with Crippen LogP contribution in [0.25, 0.3) is 6.08 Å². The van der Waals surface area contributed by atoms with Crippen LogP contribution >= 0.6 is 0 Å². The predicted molar refractivity (Wildman–Crippen MR) is 76.3 cm³/mol. The van der Waals surface area contributed by atoms with E-state index in [2.05, 4.69) is 41.3 Å². The van der Waals surface area contributed by atoms with Crippen molar-refractivity contribution in [2.24, 2.45) is 5.92 Å². The second-order valence-corrected chi connectivity index (χ2v) is 5.09. The van der Waals surface area contributed by atoms with Gasteiger partial charge in [0.2, 0.25) is 0 Å². The Morgan fingerprint density at radius 2 is 2.11 bits per heavy atom. The fraction of sp³-hybridized carbons (Fsp3) is 0.500. The van der Waals surface area contributed by atoms with E-state index in [-0.39, 0.29) is 0 Å². The summed E-state index contributed by atoms with van der Waals surface area (Å²) in [5.74, 6) is 0.497. The minimum atomic E-state index is 0.344. The highest BCUT2D eigenvalue weighted by Gasteiger charge is 2.17. The monoisotopic (exact) mass is 245 g/mol. The van der Waals surface area contributed by atoms with Gasteiger partial charge in [-0.2, -0.15) is 0 Å². The van der Waals surface area contributed by atoms with E-state index in [0.29, 0.717) is 12.5 Å². The van der Waals surface area contributed by atoms with Crippen molar-refractivity contribution in [2.75, 3.05) is 26.2 Å². The molecular weight excluding hydrogens is 222 g/mol. The number of piperidine rings is 1. The molecule has 1 N–H and O–H groups in total. The van der Waals surface area contributed by atoms with E-state index < -0.39 is 0 Å². The van der Waals surface area contributed by atoms with Crippen molar-refractivity contribution in [3.05, 3.63) is 42.0 Å². The van der Waals surface area contributed by atoms with Crippen LogP contribution in [0.15, 0.2) is 36.4 Å². The van der Waals surface area contributed by atoms with E-state index in [4.69, 9.17) is 0 Å². The normalized spacial score (nSPS) is 21.5. The molecule has 0 saturated carbocycles. The fourth-order valence-corrected chi connectivity index (χ4v) is 2.54. The molecule has 1 aromatic carbocycles. The highest BCUT2D eigenvalue weighted by Crippen LogP contribution is 2.15. The summed E-state index contributed by atoms with van der Waals surface area (Å²) < 4.78 is 0. The van der Waals surface area contributed by atoms with Gasteiger partial charge in [0.15, 0.2) is 0 Å². The van der Waals surface area contributed by atoms with Crippen LogP contribution in [-0.4, -0.2) is 36.2 Å². The van der Waals surface area contributed by atoms with Gasteiger partial charge in [0, 0.05) is 19.7 Å². The largest absolute Gasteiger partial charge is 0.396 e. The molecule has 0 amide bonds. The Hall–Kier alpha value is -1.12. The van der Waals surface area contributed by atoms with E-state index in [1.54, 1.807) is 0 Å². The molecule has 2 rings (SSSR count). The zero-order valence-electron chi connectivity index (χ0n) is 11.0. The molecule has 0 aliphatic carbocycles. The Balaban J connectivity index is 1.70. The van der Waals surface area contributed by atoms with E-state index in [1.165, 1.54) is 24.9 Å². The Bertz CT molecular complexity index is 361. The van der Waals surface area contributed by atoms with Crippen LogP contribution in [0.5, 0.6) is 0 Å². The molecule has 2 nitrogen and oxygen atoms in total. The molecule has 1 fully saturated rings. The highest BCUT2D eigenvalue weighted by molar-refractivity contribution is 5.48. The number of rotatable bonds is 5. The van der Waals surface area contributed by atoms with Crippen LogP contribution < -0.4 is 0 Å². The zero-order valence-corrected chi connectivity index (χ0v) is 11.0. The number of benzene rings is 1. The second kappa shape index (κ2) is 7.34. The lowest BCUT2D eigenvalue weighted by Gasteiger charge is -2.31.